The van der Waals surface area contributed by atoms with Crippen LogP contribution in [0, 0.1) is 17.2 Å². The summed E-state index contributed by atoms with van der Waals surface area (Å²) in [6.45, 7) is 0. The van der Waals surface area contributed by atoms with Crippen molar-refractivity contribution in [2.45, 2.75) is 54.4 Å². The number of hydrogen-bond donors (Lipinski definition) is 1. The first-order valence-electron chi connectivity index (χ1n) is 6.91. The summed E-state index contributed by atoms with van der Waals surface area (Å²) in [5.41, 5.74) is -0.247. The second-order valence-corrected chi connectivity index (χ2v) is 7.56. The molecule has 1 heterocycles. The molecule has 1 aromatic heterocycles. The smallest absolute Gasteiger partial charge is 0.169 e. The molecule has 19 heavy (non-hydrogen) atoms. The molecule has 2 aliphatic carbocycles. The number of rotatable bonds is 6. The molecule has 1 N–H and O–H groups in total. The fourth-order valence-corrected chi connectivity index (χ4v) is 4.51. The lowest BCUT2D eigenvalue weighted by atomic mass is 9.86. The van der Waals surface area contributed by atoms with Gasteiger partial charge in [0.15, 0.2) is 4.34 Å². The first kappa shape index (κ1) is 13.3. The molecule has 1 aromatic rings. The van der Waals surface area contributed by atoms with E-state index < -0.39 is 0 Å². The van der Waals surface area contributed by atoms with Crippen molar-refractivity contribution in [1.82, 2.24) is 14.7 Å². The van der Waals surface area contributed by atoms with Gasteiger partial charge in [-0.2, -0.15) is 9.64 Å². The van der Waals surface area contributed by atoms with Crippen molar-refractivity contribution in [2.75, 3.05) is 5.75 Å². The molecule has 2 saturated carbocycles. The maximum absolute atomic E-state index is 9.61. The van der Waals surface area contributed by atoms with Gasteiger partial charge in [-0.15, -0.1) is 0 Å². The average Bonchev–Trinajstić information content (AvgIpc) is 2.92. The molecule has 4 nitrogen and oxygen atoms in total. The van der Waals surface area contributed by atoms with E-state index in [1.807, 2.05) is 0 Å². The Bertz CT molecular complexity index is 452. The lowest BCUT2D eigenvalue weighted by molar-refractivity contribution is 0.308. The fraction of sp³-hybridized carbons (Fsp3) is 0.769. The largest absolute Gasteiger partial charge is 0.296 e. The summed E-state index contributed by atoms with van der Waals surface area (Å²) in [5, 5.41) is 13.2. The number of thioether (sulfide) groups is 1. The Kier molecular flexibility index (Phi) is 4.06. The zero-order valence-corrected chi connectivity index (χ0v) is 12.5. The van der Waals surface area contributed by atoms with Gasteiger partial charge in [0.1, 0.15) is 11.9 Å². The van der Waals surface area contributed by atoms with Crippen molar-refractivity contribution in [3.05, 3.63) is 6.33 Å². The number of nitrogens with one attached hydrogen (secondary N) is 1. The van der Waals surface area contributed by atoms with Gasteiger partial charge in [-0.25, -0.2) is 4.98 Å². The van der Waals surface area contributed by atoms with Gasteiger partial charge >= 0.3 is 0 Å². The molecule has 0 aliphatic heterocycles. The average molecular weight is 294 g/mol. The highest BCUT2D eigenvalue weighted by molar-refractivity contribution is 8.00. The summed E-state index contributed by atoms with van der Waals surface area (Å²) < 4.78 is 5.05. The standard InChI is InChI=1S/C13H18N4S2/c14-8-13(17-11-3-4-11)6-1-2-10(13)5-7-18-12-15-9-16-19-12/h9-11,17H,1-7H2. The van der Waals surface area contributed by atoms with Crippen LogP contribution in [0.25, 0.3) is 0 Å². The molecule has 2 fully saturated rings. The third kappa shape index (κ3) is 3.10. The van der Waals surface area contributed by atoms with Crippen LogP contribution in [-0.4, -0.2) is 26.7 Å². The van der Waals surface area contributed by atoms with Gasteiger partial charge in [0, 0.05) is 11.8 Å². The van der Waals surface area contributed by atoms with Gasteiger partial charge in [0.05, 0.1) is 6.07 Å². The number of nitrogens with zero attached hydrogens (tertiary/aromatic N) is 3. The van der Waals surface area contributed by atoms with Crippen LogP contribution in [0.4, 0.5) is 0 Å². The SMILES string of the molecule is N#CC1(NC2CC2)CCCC1CCSc1ncns1. The summed E-state index contributed by atoms with van der Waals surface area (Å²) in [5.74, 6) is 1.54. The summed E-state index contributed by atoms with van der Waals surface area (Å²) in [6, 6.07) is 3.20. The van der Waals surface area contributed by atoms with E-state index in [1.54, 1.807) is 18.1 Å². The van der Waals surface area contributed by atoms with Crippen LogP contribution < -0.4 is 5.32 Å². The van der Waals surface area contributed by atoms with E-state index in [4.69, 9.17) is 0 Å². The quantitative estimate of drug-likeness (QED) is 0.817. The molecule has 0 saturated heterocycles. The Labute approximate surface area is 122 Å². The molecule has 0 aromatic carbocycles. The molecule has 0 spiro atoms. The molecular formula is C13H18N4S2. The zero-order chi connectivity index (χ0) is 13.1. The third-order valence-electron chi connectivity index (χ3n) is 4.09. The predicted octanol–water partition coefficient (Wildman–Crippen LogP) is 2.83. The molecule has 6 heteroatoms. The number of nitriles is 1. The van der Waals surface area contributed by atoms with Crippen LogP contribution in [0.2, 0.25) is 0 Å². The van der Waals surface area contributed by atoms with Crippen LogP contribution in [0.15, 0.2) is 10.7 Å². The van der Waals surface area contributed by atoms with Crippen LogP contribution >= 0.6 is 23.3 Å². The van der Waals surface area contributed by atoms with Gasteiger partial charge in [-0.1, -0.05) is 18.2 Å². The Morgan fingerprint density at radius 1 is 1.53 bits per heavy atom. The third-order valence-corrected chi connectivity index (χ3v) is 5.92. The Hall–Kier alpha value is -0.640. The molecule has 2 unspecified atom stereocenters. The van der Waals surface area contributed by atoms with Gasteiger partial charge in [0.25, 0.3) is 0 Å². The second-order valence-electron chi connectivity index (χ2n) is 5.44. The number of aromatic nitrogens is 2. The zero-order valence-electron chi connectivity index (χ0n) is 10.8. The molecule has 0 bridgehead atoms. The highest BCUT2D eigenvalue weighted by Gasteiger charge is 2.45. The molecule has 0 radical (unpaired) electrons. The molecule has 2 aliphatic rings. The monoisotopic (exact) mass is 294 g/mol. The summed E-state index contributed by atoms with van der Waals surface area (Å²) >= 11 is 3.22. The van der Waals surface area contributed by atoms with Crippen molar-refractivity contribution in [3.8, 4) is 6.07 Å². The van der Waals surface area contributed by atoms with E-state index in [1.165, 1.54) is 37.2 Å². The predicted molar refractivity (Wildman–Crippen MR) is 77.1 cm³/mol. The fourth-order valence-electron chi connectivity index (χ4n) is 2.95. The van der Waals surface area contributed by atoms with Crippen LogP contribution in [-0.2, 0) is 0 Å². The minimum absolute atomic E-state index is 0.247. The van der Waals surface area contributed by atoms with E-state index >= 15 is 0 Å². The second kappa shape index (κ2) is 5.78. The van der Waals surface area contributed by atoms with Crippen molar-refractivity contribution < 1.29 is 0 Å². The van der Waals surface area contributed by atoms with Gasteiger partial charge in [-0.3, -0.25) is 5.32 Å². The Morgan fingerprint density at radius 3 is 3.11 bits per heavy atom. The van der Waals surface area contributed by atoms with E-state index in [0.717, 1.165) is 22.9 Å². The van der Waals surface area contributed by atoms with Crippen LogP contribution in [0.1, 0.15) is 38.5 Å². The van der Waals surface area contributed by atoms with Crippen LogP contribution in [0.5, 0.6) is 0 Å². The molecule has 0 amide bonds. The summed E-state index contributed by atoms with van der Waals surface area (Å²) in [4.78, 5) is 4.19. The maximum atomic E-state index is 9.61. The van der Waals surface area contributed by atoms with E-state index in [0.29, 0.717) is 12.0 Å². The lowest BCUT2D eigenvalue weighted by Crippen LogP contribution is -2.48. The Balaban J connectivity index is 1.54. The highest BCUT2D eigenvalue weighted by atomic mass is 32.2. The van der Waals surface area contributed by atoms with Crippen molar-refractivity contribution in [2.24, 2.45) is 5.92 Å². The normalized spacial score (nSPS) is 30.4. The van der Waals surface area contributed by atoms with Crippen molar-refractivity contribution >= 4 is 23.3 Å². The molecule has 102 valence electrons. The van der Waals surface area contributed by atoms with Gasteiger partial charge in [0.2, 0.25) is 0 Å². The number of hydrogen-bond acceptors (Lipinski definition) is 6. The van der Waals surface area contributed by atoms with E-state index in [9.17, 15) is 5.26 Å². The molecule has 2 atom stereocenters. The first-order chi connectivity index (χ1) is 9.32. The first-order valence-corrected chi connectivity index (χ1v) is 8.67. The van der Waals surface area contributed by atoms with Crippen molar-refractivity contribution in [1.29, 1.82) is 5.26 Å². The van der Waals surface area contributed by atoms with E-state index in [-0.39, 0.29) is 5.54 Å². The lowest BCUT2D eigenvalue weighted by Gasteiger charge is -2.30. The topological polar surface area (TPSA) is 61.6 Å². The minimum atomic E-state index is -0.247. The Morgan fingerprint density at radius 2 is 2.42 bits per heavy atom. The molecule has 3 rings (SSSR count). The van der Waals surface area contributed by atoms with Gasteiger partial charge in [-0.05, 0) is 49.6 Å². The molecular weight excluding hydrogens is 276 g/mol. The minimum Gasteiger partial charge on any atom is -0.296 e. The maximum Gasteiger partial charge on any atom is 0.169 e. The highest BCUT2D eigenvalue weighted by Crippen LogP contribution is 2.41. The van der Waals surface area contributed by atoms with Crippen molar-refractivity contribution in [3.63, 3.8) is 0 Å². The summed E-state index contributed by atoms with van der Waals surface area (Å²) in [6.07, 6.45) is 8.58. The van der Waals surface area contributed by atoms with E-state index in [2.05, 4.69) is 20.7 Å². The van der Waals surface area contributed by atoms with Gasteiger partial charge < -0.3 is 0 Å². The summed E-state index contributed by atoms with van der Waals surface area (Å²) in [7, 11) is 0. The van der Waals surface area contributed by atoms with Crippen LogP contribution in [0.3, 0.4) is 0 Å².